The molecule has 0 N–H and O–H groups in total. The summed E-state index contributed by atoms with van der Waals surface area (Å²) in [6.07, 6.45) is 9.07. The number of hydrogen-bond donors (Lipinski definition) is 0. The van der Waals surface area contributed by atoms with Crippen LogP contribution in [0.5, 0.6) is 11.5 Å². The minimum Gasteiger partial charge on any atom is -0.493 e. The van der Waals surface area contributed by atoms with Crippen LogP contribution in [0, 0.1) is 0 Å². The van der Waals surface area contributed by atoms with E-state index in [-0.39, 0.29) is 5.78 Å². The van der Waals surface area contributed by atoms with Gasteiger partial charge in [0.25, 0.3) is 0 Å². The summed E-state index contributed by atoms with van der Waals surface area (Å²) in [4.78, 5) is 23.3. The molecular formula is C19H21N3O3. The summed E-state index contributed by atoms with van der Waals surface area (Å²) in [5.74, 6) is 1.75. The van der Waals surface area contributed by atoms with E-state index in [9.17, 15) is 4.79 Å². The molecule has 2 aromatic rings. The first kappa shape index (κ1) is 17.0. The van der Waals surface area contributed by atoms with Crippen LogP contribution in [-0.4, -0.2) is 43.1 Å². The predicted octanol–water partition coefficient (Wildman–Crippen LogP) is 2.99. The molecule has 130 valence electrons. The Balaban J connectivity index is 1.69. The maximum Gasteiger partial charge on any atom is 0.225 e. The Labute approximate surface area is 147 Å². The molecule has 25 heavy (non-hydrogen) atoms. The van der Waals surface area contributed by atoms with Crippen LogP contribution in [0.25, 0.3) is 6.08 Å². The Morgan fingerprint density at radius 3 is 2.40 bits per heavy atom. The first-order chi connectivity index (χ1) is 12.2. The number of nitrogens with zero attached hydrogens (tertiary/aromatic N) is 3. The molecular weight excluding hydrogens is 318 g/mol. The molecule has 0 bridgehead atoms. The van der Waals surface area contributed by atoms with Crippen LogP contribution in [-0.2, 0) is 0 Å². The lowest BCUT2D eigenvalue weighted by atomic mass is 10.1. The number of ketones is 1. The van der Waals surface area contributed by atoms with Crippen molar-refractivity contribution in [1.82, 2.24) is 9.97 Å². The molecule has 0 radical (unpaired) electrons. The van der Waals surface area contributed by atoms with E-state index in [0.29, 0.717) is 17.1 Å². The second-order valence-electron chi connectivity index (χ2n) is 5.78. The lowest BCUT2D eigenvalue weighted by Crippen LogP contribution is -2.20. The van der Waals surface area contributed by atoms with Crippen LogP contribution in [0.3, 0.4) is 0 Å². The number of carbonyl (C=O) groups is 1. The van der Waals surface area contributed by atoms with Crippen LogP contribution in [0.15, 0.2) is 36.7 Å². The number of allylic oxidation sites excluding steroid dienone is 1. The van der Waals surface area contributed by atoms with Crippen molar-refractivity contribution in [3.05, 3.63) is 47.8 Å². The lowest BCUT2D eigenvalue weighted by molar-refractivity contribution is 0.104. The molecule has 0 atom stereocenters. The van der Waals surface area contributed by atoms with Gasteiger partial charge in [-0.2, -0.15) is 0 Å². The Hall–Kier alpha value is -2.89. The van der Waals surface area contributed by atoms with Crippen molar-refractivity contribution >= 4 is 17.8 Å². The number of anilines is 1. The fourth-order valence-electron chi connectivity index (χ4n) is 2.76. The van der Waals surface area contributed by atoms with Gasteiger partial charge in [0.1, 0.15) is 0 Å². The van der Waals surface area contributed by atoms with E-state index in [1.807, 2.05) is 0 Å². The van der Waals surface area contributed by atoms with Gasteiger partial charge in [0.2, 0.25) is 5.95 Å². The van der Waals surface area contributed by atoms with Gasteiger partial charge < -0.3 is 14.4 Å². The van der Waals surface area contributed by atoms with Gasteiger partial charge in [0, 0.05) is 36.6 Å². The van der Waals surface area contributed by atoms with Gasteiger partial charge in [0.15, 0.2) is 17.3 Å². The summed E-state index contributed by atoms with van der Waals surface area (Å²) < 4.78 is 10.4. The molecule has 6 heteroatoms. The molecule has 0 amide bonds. The zero-order valence-corrected chi connectivity index (χ0v) is 14.4. The molecule has 1 aromatic carbocycles. The van der Waals surface area contributed by atoms with Gasteiger partial charge in [-0.25, -0.2) is 9.97 Å². The first-order valence-electron chi connectivity index (χ1n) is 8.22. The Morgan fingerprint density at radius 1 is 1.08 bits per heavy atom. The van der Waals surface area contributed by atoms with Crippen molar-refractivity contribution in [1.29, 1.82) is 0 Å². The largest absolute Gasteiger partial charge is 0.493 e. The van der Waals surface area contributed by atoms with E-state index in [1.165, 1.54) is 18.9 Å². The highest BCUT2D eigenvalue weighted by molar-refractivity contribution is 6.07. The molecule has 3 rings (SSSR count). The second kappa shape index (κ2) is 7.79. The van der Waals surface area contributed by atoms with E-state index >= 15 is 0 Å². The first-order valence-corrected chi connectivity index (χ1v) is 8.22. The van der Waals surface area contributed by atoms with E-state index in [2.05, 4.69) is 14.9 Å². The van der Waals surface area contributed by atoms with Crippen molar-refractivity contribution in [3.63, 3.8) is 0 Å². The maximum atomic E-state index is 12.3. The average molecular weight is 339 g/mol. The van der Waals surface area contributed by atoms with Gasteiger partial charge in [-0.05, 0) is 43.2 Å². The Kier molecular flexibility index (Phi) is 5.28. The number of methoxy groups -OCH3 is 2. The van der Waals surface area contributed by atoms with Crippen molar-refractivity contribution in [3.8, 4) is 11.5 Å². The zero-order chi connectivity index (χ0) is 17.6. The highest BCUT2D eigenvalue weighted by Crippen LogP contribution is 2.27. The minimum atomic E-state index is -0.121. The zero-order valence-electron chi connectivity index (χ0n) is 14.4. The average Bonchev–Trinajstić information content (AvgIpc) is 3.20. The summed E-state index contributed by atoms with van der Waals surface area (Å²) in [6, 6.07) is 5.09. The van der Waals surface area contributed by atoms with Crippen LogP contribution >= 0.6 is 0 Å². The summed E-state index contributed by atoms with van der Waals surface area (Å²) in [5, 5.41) is 0. The topological polar surface area (TPSA) is 64.5 Å². The molecule has 1 fully saturated rings. The van der Waals surface area contributed by atoms with Gasteiger partial charge in [-0.15, -0.1) is 0 Å². The SMILES string of the molecule is COc1ccc(C(=O)/C=C/c2cnc(N3CCCC3)nc2)cc1OC. The second-order valence-corrected chi connectivity index (χ2v) is 5.78. The molecule has 1 aromatic heterocycles. The van der Waals surface area contributed by atoms with Gasteiger partial charge in [-0.1, -0.05) is 0 Å². The summed E-state index contributed by atoms with van der Waals surface area (Å²) in [5.41, 5.74) is 1.32. The maximum absolute atomic E-state index is 12.3. The van der Waals surface area contributed by atoms with E-state index in [1.54, 1.807) is 50.9 Å². The number of rotatable bonds is 6. The van der Waals surface area contributed by atoms with Gasteiger partial charge >= 0.3 is 0 Å². The third kappa shape index (κ3) is 3.96. The smallest absolute Gasteiger partial charge is 0.225 e. The normalized spacial score (nSPS) is 14.1. The minimum absolute atomic E-state index is 0.121. The van der Waals surface area contributed by atoms with E-state index in [0.717, 1.165) is 24.6 Å². The molecule has 1 aliphatic heterocycles. The Morgan fingerprint density at radius 2 is 1.76 bits per heavy atom. The fourth-order valence-corrected chi connectivity index (χ4v) is 2.76. The molecule has 1 saturated heterocycles. The standard InChI is InChI=1S/C19H21N3O3/c1-24-17-8-6-15(11-18(17)25-2)16(23)7-5-14-12-20-19(21-13-14)22-9-3-4-10-22/h5-8,11-13H,3-4,9-10H2,1-2H3/b7-5+. The number of aromatic nitrogens is 2. The van der Waals surface area contributed by atoms with Crippen molar-refractivity contribution in [2.45, 2.75) is 12.8 Å². The van der Waals surface area contributed by atoms with Crippen molar-refractivity contribution in [2.75, 3.05) is 32.2 Å². The summed E-state index contributed by atoms with van der Waals surface area (Å²) in [6.45, 7) is 2.01. The third-order valence-electron chi connectivity index (χ3n) is 4.14. The quantitative estimate of drug-likeness (QED) is 0.595. The summed E-state index contributed by atoms with van der Waals surface area (Å²) >= 11 is 0. The molecule has 1 aliphatic rings. The predicted molar refractivity (Wildman–Crippen MR) is 96.4 cm³/mol. The van der Waals surface area contributed by atoms with Gasteiger partial charge in [0.05, 0.1) is 14.2 Å². The number of ether oxygens (including phenoxy) is 2. The van der Waals surface area contributed by atoms with Crippen LogP contribution in [0.4, 0.5) is 5.95 Å². The molecule has 6 nitrogen and oxygen atoms in total. The molecule has 0 saturated carbocycles. The number of carbonyl (C=O) groups excluding carboxylic acids is 1. The number of hydrogen-bond acceptors (Lipinski definition) is 6. The van der Waals surface area contributed by atoms with Crippen molar-refractivity contribution < 1.29 is 14.3 Å². The summed E-state index contributed by atoms with van der Waals surface area (Å²) in [7, 11) is 3.10. The lowest BCUT2D eigenvalue weighted by Gasteiger charge is -2.14. The van der Waals surface area contributed by atoms with E-state index in [4.69, 9.17) is 9.47 Å². The molecule has 0 spiro atoms. The molecule has 0 unspecified atom stereocenters. The third-order valence-corrected chi connectivity index (χ3v) is 4.14. The van der Waals surface area contributed by atoms with Crippen LogP contribution in [0.2, 0.25) is 0 Å². The highest BCUT2D eigenvalue weighted by atomic mass is 16.5. The number of benzene rings is 1. The molecule has 0 aliphatic carbocycles. The van der Waals surface area contributed by atoms with Gasteiger partial charge in [-0.3, -0.25) is 4.79 Å². The fraction of sp³-hybridized carbons (Fsp3) is 0.316. The van der Waals surface area contributed by atoms with Crippen molar-refractivity contribution in [2.24, 2.45) is 0 Å². The highest BCUT2D eigenvalue weighted by Gasteiger charge is 2.14. The Bertz CT molecular complexity index is 766. The van der Waals surface area contributed by atoms with Crippen LogP contribution < -0.4 is 14.4 Å². The van der Waals surface area contributed by atoms with Crippen LogP contribution in [0.1, 0.15) is 28.8 Å². The molecule has 2 heterocycles. The monoisotopic (exact) mass is 339 g/mol. The van der Waals surface area contributed by atoms with E-state index < -0.39 is 0 Å².